The molecule has 1 aromatic heterocycles. The number of aromatic nitrogens is 2. The Hall–Kier alpha value is -2.45. The fraction of sp³-hybridized carbons (Fsp3) is 0.118. The SMILES string of the molecule is O=C(NCCOc1cccc(Br)c1)c1ccc2c(=O)[nH]c(=S)[nH]c2c1. The molecule has 8 heteroatoms. The Morgan fingerprint density at radius 2 is 2.04 bits per heavy atom. The first-order chi connectivity index (χ1) is 12.0. The molecule has 0 spiro atoms. The third-order valence-corrected chi connectivity index (χ3v) is 4.15. The number of ether oxygens (including phenoxy) is 1. The Morgan fingerprint density at radius 3 is 2.84 bits per heavy atom. The molecule has 0 fully saturated rings. The highest BCUT2D eigenvalue weighted by Crippen LogP contribution is 2.17. The topological polar surface area (TPSA) is 87.0 Å². The van der Waals surface area contributed by atoms with E-state index < -0.39 is 0 Å². The molecule has 128 valence electrons. The predicted molar refractivity (Wildman–Crippen MR) is 102 cm³/mol. The molecule has 3 aromatic rings. The minimum atomic E-state index is -0.284. The van der Waals surface area contributed by atoms with Crippen molar-refractivity contribution in [3.8, 4) is 5.75 Å². The normalized spacial score (nSPS) is 10.6. The summed E-state index contributed by atoms with van der Waals surface area (Å²) in [5, 5.41) is 3.22. The van der Waals surface area contributed by atoms with Crippen molar-refractivity contribution in [3.63, 3.8) is 0 Å². The number of aromatic amines is 2. The number of fused-ring (bicyclic) bond motifs is 1. The lowest BCUT2D eigenvalue weighted by molar-refractivity contribution is 0.0947. The highest BCUT2D eigenvalue weighted by atomic mass is 79.9. The largest absolute Gasteiger partial charge is 0.492 e. The minimum Gasteiger partial charge on any atom is -0.492 e. The first kappa shape index (κ1) is 17.4. The molecule has 25 heavy (non-hydrogen) atoms. The summed E-state index contributed by atoms with van der Waals surface area (Å²) < 4.78 is 6.71. The van der Waals surface area contributed by atoms with Gasteiger partial charge in [-0.25, -0.2) is 0 Å². The van der Waals surface area contributed by atoms with Gasteiger partial charge in [0.05, 0.1) is 17.4 Å². The van der Waals surface area contributed by atoms with E-state index in [1.54, 1.807) is 18.2 Å². The van der Waals surface area contributed by atoms with Crippen LogP contribution in [0, 0.1) is 4.77 Å². The molecule has 0 aliphatic heterocycles. The first-order valence-corrected chi connectivity index (χ1v) is 8.66. The summed E-state index contributed by atoms with van der Waals surface area (Å²) in [6.45, 7) is 0.701. The van der Waals surface area contributed by atoms with Gasteiger partial charge >= 0.3 is 0 Å². The number of benzene rings is 2. The van der Waals surface area contributed by atoms with Crippen molar-refractivity contribution < 1.29 is 9.53 Å². The van der Waals surface area contributed by atoms with E-state index in [1.165, 1.54) is 0 Å². The van der Waals surface area contributed by atoms with Crippen LogP contribution >= 0.6 is 28.1 Å². The molecule has 0 aliphatic rings. The van der Waals surface area contributed by atoms with Crippen molar-refractivity contribution in [2.75, 3.05) is 13.2 Å². The number of hydrogen-bond donors (Lipinski definition) is 3. The maximum absolute atomic E-state index is 12.2. The molecule has 0 radical (unpaired) electrons. The van der Waals surface area contributed by atoms with Gasteiger partial charge in [0.1, 0.15) is 12.4 Å². The predicted octanol–water partition coefficient (Wildman–Crippen LogP) is 3.16. The van der Waals surface area contributed by atoms with Gasteiger partial charge in [-0.1, -0.05) is 22.0 Å². The second-order valence-electron chi connectivity index (χ2n) is 5.23. The summed E-state index contributed by atoms with van der Waals surface area (Å²) in [7, 11) is 0. The summed E-state index contributed by atoms with van der Waals surface area (Å²) in [6.07, 6.45) is 0. The van der Waals surface area contributed by atoms with Crippen molar-refractivity contribution in [1.82, 2.24) is 15.3 Å². The van der Waals surface area contributed by atoms with E-state index in [1.807, 2.05) is 24.3 Å². The fourth-order valence-corrected chi connectivity index (χ4v) is 2.88. The summed E-state index contributed by atoms with van der Waals surface area (Å²) in [5.74, 6) is 0.473. The quantitative estimate of drug-likeness (QED) is 0.437. The van der Waals surface area contributed by atoms with E-state index in [9.17, 15) is 9.59 Å². The highest BCUT2D eigenvalue weighted by molar-refractivity contribution is 9.10. The van der Waals surface area contributed by atoms with Crippen LogP contribution < -0.4 is 15.6 Å². The summed E-state index contributed by atoms with van der Waals surface area (Å²) in [4.78, 5) is 29.4. The van der Waals surface area contributed by atoms with Crippen molar-refractivity contribution in [2.24, 2.45) is 0 Å². The molecule has 0 unspecified atom stereocenters. The zero-order valence-electron chi connectivity index (χ0n) is 13.0. The van der Waals surface area contributed by atoms with Crippen molar-refractivity contribution >= 4 is 45.0 Å². The zero-order chi connectivity index (χ0) is 17.8. The fourth-order valence-electron chi connectivity index (χ4n) is 2.30. The molecule has 3 rings (SSSR count). The molecule has 6 nitrogen and oxygen atoms in total. The van der Waals surface area contributed by atoms with E-state index in [0.717, 1.165) is 10.2 Å². The maximum Gasteiger partial charge on any atom is 0.259 e. The Bertz CT molecular complexity index is 1040. The molecule has 1 amide bonds. The summed E-state index contributed by atoms with van der Waals surface area (Å²) in [5.41, 5.74) is 0.672. The van der Waals surface area contributed by atoms with Crippen LogP contribution in [0.15, 0.2) is 51.7 Å². The molecular weight excluding hydrogens is 406 g/mol. The van der Waals surface area contributed by atoms with Crippen LogP contribution in [0.1, 0.15) is 10.4 Å². The Kier molecular flexibility index (Phi) is 5.30. The standard InChI is InChI=1S/C17H14BrN3O3S/c18-11-2-1-3-12(9-11)24-7-6-19-15(22)10-4-5-13-14(8-10)20-17(25)21-16(13)23/h1-5,8-9H,6-7H2,(H,19,22)(H2,20,21,23,25). The smallest absolute Gasteiger partial charge is 0.259 e. The van der Waals surface area contributed by atoms with Gasteiger partial charge in [0.2, 0.25) is 0 Å². The van der Waals surface area contributed by atoms with Crippen LogP contribution in [0.5, 0.6) is 5.75 Å². The number of carbonyl (C=O) groups is 1. The number of nitrogens with one attached hydrogen (secondary N) is 3. The number of hydrogen-bond acceptors (Lipinski definition) is 4. The third kappa shape index (κ3) is 4.34. The Balaban J connectivity index is 1.62. The Labute approximate surface area is 156 Å². The van der Waals surface area contributed by atoms with Crippen molar-refractivity contribution in [2.45, 2.75) is 0 Å². The second kappa shape index (κ2) is 7.62. The number of carbonyl (C=O) groups excluding carboxylic acids is 1. The number of H-pyrrole nitrogens is 2. The molecule has 0 atom stereocenters. The molecule has 0 aliphatic carbocycles. The molecule has 0 bridgehead atoms. The van der Waals surface area contributed by atoms with E-state index in [-0.39, 0.29) is 16.2 Å². The van der Waals surface area contributed by atoms with Gasteiger partial charge in [-0.05, 0) is 48.6 Å². The van der Waals surface area contributed by atoms with Gasteiger partial charge in [0, 0.05) is 10.0 Å². The highest BCUT2D eigenvalue weighted by Gasteiger charge is 2.08. The molecule has 0 saturated heterocycles. The van der Waals surface area contributed by atoms with E-state index in [0.29, 0.717) is 29.6 Å². The molecule has 2 aromatic carbocycles. The van der Waals surface area contributed by atoms with Gasteiger partial charge in [0.15, 0.2) is 4.77 Å². The van der Waals surface area contributed by atoms with Crippen LogP contribution in [0.2, 0.25) is 0 Å². The van der Waals surface area contributed by atoms with Crippen molar-refractivity contribution in [1.29, 1.82) is 0 Å². The van der Waals surface area contributed by atoms with E-state index >= 15 is 0 Å². The summed E-state index contributed by atoms with van der Waals surface area (Å²) in [6, 6.07) is 12.3. The second-order valence-corrected chi connectivity index (χ2v) is 6.55. The third-order valence-electron chi connectivity index (χ3n) is 3.45. The first-order valence-electron chi connectivity index (χ1n) is 7.46. The lowest BCUT2D eigenvalue weighted by Crippen LogP contribution is -2.28. The lowest BCUT2D eigenvalue weighted by atomic mass is 10.1. The monoisotopic (exact) mass is 419 g/mol. The molecule has 0 saturated carbocycles. The average Bonchev–Trinajstić information content (AvgIpc) is 2.58. The minimum absolute atomic E-state index is 0.220. The van der Waals surface area contributed by atoms with Crippen LogP contribution in [-0.2, 0) is 0 Å². The zero-order valence-corrected chi connectivity index (χ0v) is 15.4. The Morgan fingerprint density at radius 1 is 1.20 bits per heavy atom. The van der Waals surface area contributed by atoms with Crippen LogP contribution in [0.3, 0.4) is 0 Å². The molecule has 1 heterocycles. The number of amides is 1. The van der Waals surface area contributed by atoms with Gasteiger partial charge in [-0.2, -0.15) is 0 Å². The maximum atomic E-state index is 12.2. The molecular formula is C17H14BrN3O3S. The number of halogens is 1. The van der Waals surface area contributed by atoms with Crippen molar-refractivity contribution in [3.05, 3.63) is 67.6 Å². The van der Waals surface area contributed by atoms with Gasteiger partial charge in [-0.15, -0.1) is 0 Å². The summed E-state index contributed by atoms with van der Waals surface area (Å²) >= 11 is 8.32. The number of rotatable bonds is 5. The van der Waals surface area contributed by atoms with Gasteiger partial charge in [-0.3, -0.25) is 14.6 Å². The van der Waals surface area contributed by atoms with E-state index in [2.05, 4.69) is 31.2 Å². The van der Waals surface area contributed by atoms with Gasteiger partial charge in [0.25, 0.3) is 11.5 Å². The van der Waals surface area contributed by atoms with Gasteiger partial charge < -0.3 is 15.0 Å². The lowest BCUT2D eigenvalue weighted by Gasteiger charge is -2.08. The van der Waals surface area contributed by atoms with E-state index in [4.69, 9.17) is 17.0 Å². The average molecular weight is 420 g/mol. The van der Waals surface area contributed by atoms with Crippen LogP contribution in [0.25, 0.3) is 10.9 Å². The van der Waals surface area contributed by atoms with Crippen LogP contribution in [-0.4, -0.2) is 29.0 Å². The van der Waals surface area contributed by atoms with Crippen LogP contribution in [0.4, 0.5) is 0 Å². The molecule has 3 N–H and O–H groups in total.